The number of hydrogen-bond acceptors (Lipinski definition) is 5. The van der Waals surface area contributed by atoms with Gasteiger partial charge in [-0.25, -0.2) is 4.98 Å². The van der Waals surface area contributed by atoms with Crippen LogP contribution in [0.25, 0.3) is 0 Å². The van der Waals surface area contributed by atoms with Crippen molar-refractivity contribution in [2.45, 2.75) is 26.3 Å². The zero-order valence-electron chi connectivity index (χ0n) is 17.1. The monoisotopic (exact) mass is 386 g/mol. The third-order valence-electron chi connectivity index (χ3n) is 4.11. The van der Waals surface area contributed by atoms with Gasteiger partial charge in [-0.2, -0.15) is 0 Å². The van der Waals surface area contributed by atoms with Crippen molar-refractivity contribution < 1.29 is 14.2 Å². The molecule has 1 aromatic carbocycles. The lowest BCUT2D eigenvalue weighted by molar-refractivity contribution is 0.310. The fourth-order valence-electron chi connectivity index (χ4n) is 2.71. The first kappa shape index (κ1) is 21.3. The molecule has 2 aromatic rings. The molecular formula is C21H30N4O3. The molecule has 0 saturated carbocycles. The Hall–Kier alpha value is -2.96. The van der Waals surface area contributed by atoms with E-state index in [4.69, 9.17) is 14.2 Å². The van der Waals surface area contributed by atoms with Crippen molar-refractivity contribution in [1.82, 2.24) is 15.6 Å². The highest BCUT2D eigenvalue weighted by Gasteiger charge is 2.06. The van der Waals surface area contributed by atoms with Gasteiger partial charge in [-0.3, -0.25) is 4.99 Å². The standard InChI is InChI=1S/C21H30N4O3/c1-5-28-19-14-16(11-12-18(19)26-3)8-7-13-23-21(22-2)24-15-17-9-6-10-20(25-17)27-4/h6,9-12,14H,5,7-8,13,15H2,1-4H3,(H2,22,23,24). The van der Waals surface area contributed by atoms with Crippen LogP contribution in [-0.4, -0.2) is 45.4 Å². The van der Waals surface area contributed by atoms with E-state index in [2.05, 4.69) is 26.7 Å². The molecule has 0 bridgehead atoms. The number of methoxy groups -OCH3 is 2. The molecule has 0 aliphatic carbocycles. The second-order valence-corrected chi connectivity index (χ2v) is 6.05. The number of guanidine groups is 1. The molecule has 0 radical (unpaired) electrons. The minimum absolute atomic E-state index is 0.576. The first-order valence-electron chi connectivity index (χ1n) is 9.44. The van der Waals surface area contributed by atoms with E-state index in [1.807, 2.05) is 37.3 Å². The predicted octanol–water partition coefficient (Wildman–Crippen LogP) is 2.80. The van der Waals surface area contributed by atoms with E-state index in [9.17, 15) is 0 Å². The fraction of sp³-hybridized carbons (Fsp3) is 0.429. The molecule has 0 aliphatic heterocycles. The Bertz CT molecular complexity index is 765. The van der Waals surface area contributed by atoms with E-state index in [0.717, 1.165) is 42.5 Å². The van der Waals surface area contributed by atoms with Crippen LogP contribution in [0.1, 0.15) is 24.6 Å². The molecule has 152 valence electrons. The summed E-state index contributed by atoms with van der Waals surface area (Å²) in [5, 5.41) is 6.59. The molecule has 0 saturated heterocycles. The summed E-state index contributed by atoms with van der Waals surface area (Å²) >= 11 is 0. The number of aryl methyl sites for hydroxylation is 1. The molecule has 28 heavy (non-hydrogen) atoms. The van der Waals surface area contributed by atoms with Gasteiger partial charge < -0.3 is 24.8 Å². The predicted molar refractivity (Wildman–Crippen MR) is 111 cm³/mol. The zero-order valence-corrected chi connectivity index (χ0v) is 17.1. The van der Waals surface area contributed by atoms with Crippen LogP contribution in [0.15, 0.2) is 41.4 Å². The number of rotatable bonds is 10. The van der Waals surface area contributed by atoms with E-state index in [1.165, 1.54) is 5.56 Å². The third-order valence-corrected chi connectivity index (χ3v) is 4.11. The van der Waals surface area contributed by atoms with Crippen LogP contribution >= 0.6 is 0 Å². The highest BCUT2D eigenvalue weighted by Crippen LogP contribution is 2.28. The topological polar surface area (TPSA) is 77.0 Å². The minimum Gasteiger partial charge on any atom is -0.493 e. The van der Waals surface area contributed by atoms with Crippen LogP contribution in [0, 0.1) is 0 Å². The lowest BCUT2D eigenvalue weighted by atomic mass is 10.1. The van der Waals surface area contributed by atoms with E-state index in [-0.39, 0.29) is 0 Å². The molecule has 1 aromatic heterocycles. The Morgan fingerprint density at radius 3 is 2.64 bits per heavy atom. The number of nitrogens with one attached hydrogen (secondary N) is 2. The Labute approximate surface area is 167 Å². The Morgan fingerprint density at radius 2 is 1.93 bits per heavy atom. The summed E-state index contributed by atoms with van der Waals surface area (Å²) in [6.45, 7) is 3.97. The van der Waals surface area contributed by atoms with Gasteiger partial charge in [-0.05, 0) is 43.5 Å². The zero-order chi connectivity index (χ0) is 20.2. The second-order valence-electron chi connectivity index (χ2n) is 6.05. The van der Waals surface area contributed by atoms with Crippen molar-refractivity contribution >= 4 is 5.96 Å². The summed E-state index contributed by atoms with van der Waals surface area (Å²) in [4.78, 5) is 8.63. The number of benzene rings is 1. The van der Waals surface area contributed by atoms with Gasteiger partial charge in [0.05, 0.1) is 33.1 Å². The quantitative estimate of drug-likeness (QED) is 0.371. The van der Waals surface area contributed by atoms with E-state index >= 15 is 0 Å². The molecular weight excluding hydrogens is 356 g/mol. The van der Waals surface area contributed by atoms with E-state index < -0.39 is 0 Å². The number of aromatic nitrogens is 1. The first-order chi connectivity index (χ1) is 13.7. The van der Waals surface area contributed by atoms with Gasteiger partial charge in [-0.15, -0.1) is 0 Å². The molecule has 2 rings (SSSR count). The average molecular weight is 386 g/mol. The van der Waals surface area contributed by atoms with Gasteiger partial charge in [0, 0.05) is 19.7 Å². The summed E-state index contributed by atoms with van der Waals surface area (Å²) in [5.41, 5.74) is 2.11. The number of ether oxygens (including phenoxy) is 3. The minimum atomic E-state index is 0.576. The Kier molecular flexibility index (Phi) is 8.91. The second kappa shape index (κ2) is 11.7. The van der Waals surface area contributed by atoms with Gasteiger partial charge in [-0.1, -0.05) is 12.1 Å². The Balaban J connectivity index is 1.77. The van der Waals surface area contributed by atoms with Crippen LogP contribution in [0.3, 0.4) is 0 Å². The number of aliphatic imine (C=N–C) groups is 1. The summed E-state index contributed by atoms with van der Waals surface area (Å²) in [7, 11) is 5.02. The van der Waals surface area contributed by atoms with Crippen LogP contribution < -0.4 is 24.8 Å². The lowest BCUT2D eigenvalue weighted by Gasteiger charge is -2.13. The van der Waals surface area contributed by atoms with Crippen molar-refractivity contribution in [2.24, 2.45) is 4.99 Å². The van der Waals surface area contributed by atoms with Crippen molar-refractivity contribution in [1.29, 1.82) is 0 Å². The van der Waals surface area contributed by atoms with Crippen LogP contribution in [-0.2, 0) is 13.0 Å². The largest absolute Gasteiger partial charge is 0.493 e. The number of pyridine rings is 1. The van der Waals surface area contributed by atoms with Crippen molar-refractivity contribution in [3.8, 4) is 17.4 Å². The average Bonchev–Trinajstić information content (AvgIpc) is 2.74. The first-order valence-corrected chi connectivity index (χ1v) is 9.44. The maximum atomic E-state index is 5.64. The summed E-state index contributed by atoms with van der Waals surface area (Å²) in [5.74, 6) is 2.90. The van der Waals surface area contributed by atoms with Crippen LogP contribution in [0.2, 0.25) is 0 Å². The maximum absolute atomic E-state index is 5.64. The van der Waals surface area contributed by atoms with Gasteiger partial charge in [0.2, 0.25) is 5.88 Å². The van der Waals surface area contributed by atoms with Crippen molar-refractivity contribution in [3.05, 3.63) is 47.7 Å². The maximum Gasteiger partial charge on any atom is 0.213 e. The molecule has 0 fully saturated rings. The molecule has 0 spiro atoms. The van der Waals surface area contributed by atoms with Gasteiger partial charge in [0.25, 0.3) is 0 Å². The van der Waals surface area contributed by atoms with E-state index in [0.29, 0.717) is 19.0 Å². The SMILES string of the molecule is CCOc1cc(CCCNC(=NC)NCc2cccc(OC)n2)ccc1OC. The van der Waals surface area contributed by atoms with Crippen LogP contribution in [0.5, 0.6) is 17.4 Å². The van der Waals surface area contributed by atoms with Gasteiger partial charge in [0.15, 0.2) is 17.5 Å². The summed E-state index contributed by atoms with van der Waals surface area (Å²) < 4.78 is 16.1. The molecule has 7 nitrogen and oxygen atoms in total. The number of hydrogen-bond donors (Lipinski definition) is 2. The van der Waals surface area contributed by atoms with E-state index in [1.54, 1.807) is 21.3 Å². The fourth-order valence-corrected chi connectivity index (χ4v) is 2.71. The summed E-state index contributed by atoms with van der Waals surface area (Å²) in [6, 6.07) is 11.8. The third kappa shape index (κ3) is 6.64. The van der Waals surface area contributed by atoms with Gasteiger partial charge in [0.1, 0.15) is 0 Å². The lowest BCUT2D eigenvalue weighted by Crippen LogP contribution is -2.37. The number of nitrogens with zero attached hydrogens (tertiary/aromatic N) is 2. The highest BCUT2D eigenvalue weighted by molar-refractivity contribution is 5.79. The molecule has 1 heterocycles. The molecule has 7 heteroatoms. The van der Waals surface area contributed by atoms with Gasteiger partial charge >= 0.3 is 0 Å². The molecule has 2 N–H and O–H groups in total. The van der Waals surface area contributed by atoms with Crippen molar-refractivity contribution in [3.63, 3.8) is 0 Å². The molecule has 0 amide bonds. The highest BCUT2D eigenvalue weighted by atomic mass is 16.5. The normalized spacial score (nSPS) is 11.1. The smallest absolute Gasteiger partial charge is 0.213 e. The summed E-state index contributed by atoms with van der Waals surface area (Å²) in [6.07, 6.45) is 1.90. The Morgan fingerprint density at radius 1 is 1.07 bits per heavy atom. The van der Waals surface area contributed by atoms with Crippen LogP contribution in [0.4, 0.5) is 0 Å². The van der Waals surface area contributed by atoms with Crippen molar-refractivity contribution in [2.75, 3.05) is 34.4 Å². The molecule has 0 unspecified atom stereocenters. The molecule has 0 atom stereocenters. The molecule has 0 aliphatic rings.